The van der Waals surface area contributed by atoms with Gasteiger partial charge in [0.15, 0.2) is 16.7 Å². The lowest BCUT2D eigenvalue weighted by molar-refractivity contribution is -0.115. The van der Waals surface area contributed by atoms with Crippen LogP contribution in [-0.2, 0) is 11.4 Å². The fourth-order valence-corrected chi connectivity index (χ4v) is 8.87. The minimum Gasteiger partial charge on any atom is -0.490 e. The molecule has 256 valence electrons. The summed E-state index contributed by atoms with van der Waals surface area (Å²) in [5.41, 5.74) is 9.40. The quantitative estimate of drug-likeness (QED) is 0.152. The van der Waals surface area contributed by atoms with Gasteiger partial charge in [-0.05, 0) is 111 Å². The van der Waals surface area contributed by atoms with Gasteiger partial charge >= 0.3 is 0 Å². The molecule has 1 fully saturated rings. The second-order valence-electron chi connectivity index (χ2n) is 13.0. The highest BCUT2D eigenvalue weighted by Crippen LogP contribution is 2.50. The van der Waals surface area contributed by atoms with Gasteiger partial charge < -0.3 is 19.7 Å². The largest absolute Gasteiger partial charge is 0.490 e. The van der Waals surface area contributed by atoms with Crippen LogP contribution in [0.3, 0.4) is 0 Å². The summed E-state index contributed by atoms with van der Waals surface area (Å²) in [4.78, 5) is 21.6. The lowest BCUT2D eigenvalue weighted by atomic mass is 9.76. The first-order valence-electron chi connectivity index (χ1n) is 17.5. The van der Waals surface area contributed by atoms with Crippen molar-refractivity contribution in [1.29, 1.82) is 0 Å². The second-order valence-corrected chi connectivity index (χ2v) is 14.9. The molecule has 0 unspecified atom stereocenters. The molecule has 0 radical (unpaired) electrons. The number of nitrogens with zero attached hydrogens (tertiary/aromatic N) is 2. The van der Waals surface area contributed by atoms with Crippen LogP contribution in [0.1, 0.15) is 65.0 Å². The Hall–Kier alpha value is -4.79. The van der Waals surface area contributed by atoms with Gasteiger partial charge in [-0.15, -0.1) is 0 Å². The fourth-order valence-electron chi connectivity index (χ4n) is 7.46. The van der Waals surface area contributed by atoms with Crippen molar-refractivity contribution in [2.75, 3.05) is 24.6 Å². The molecule has 1 N–H and O–H groups in total. The molecule has 8 heteroatoms. The highest BCUT2D eigenvalue weighted by Gasteiger charge is 2.35. The van der Waals surface area contributed by atoms with Gasteiger partial charge in [0, 0.05) is 30.6 Å². The third kappa shape index (κ3) is 7.08. The Labute approximate surface area is 311 Å². The molecule has 8 rings (SSSR count). The molecule has 3 aliphatic heterocycles. The van der Waals surface area contributed by atoms with Gasteiger partial charge in [0.2, 0.25) is 0 Å². The molecule has 1 saturated heterocycles. The standard InChI is InChI=1S/C43H38BrN3O3S/c1-2-49-38-23-29(22-37(44)41(38)50-27-28-12-6-3-7-13-28)24-39-42(48)46-43(51-39)45-32-25-35-33(30-14-8-4-9-15-30)18-20-47-21-19-34(36(26-32)40(35)47)31-16-10-5-11-17-31/h3-17,22-26,33-34H,2,18-21,27H2,1H3,(H,45,46,48)/b39-24-/t33-,34-/m0/s1. The third-order valence-electron chi connectivity index (χ3n) is 9.74. The molecule has 0 aromatic heterocycles. The minimum atomic E-state index is -0.174. The van der Waals surface area contributed by atoms with Crippen molar-refractivity contribution in [1.82, 2.24) is 5.32 Å². The molecule has 1 amide bonds. The highest BCUT2D eigenvalue weighted by atomic mass is 79.9. The first kappa shape index (κ1) is 33.4. The van der Waals surface area contributed by atoms with Crippen LogP contribution in [0, 0.1) is 0 Å². The Bertz CT molecular complexity index is 2050. The van der Waals surface area contributed by atoms with E-state index in [9.17, 15) is 4.79 Å². The monoisotopic (exact) mass is 755 g/mol. The summed E-state index contributed by atoms with van der Waals surface area (Å²) in [6.07, 6.45) is 3.99. The maximum absolute atomic E-state index is 13.3. The highest BCUT2D eigenvalue weighted by molar-refractivity contribution is 9.10. The summed E-state index contributed by atoms with van der Waals surface area (Å²) in [5.74, 6) is 1.64. The van der Waals surface area contributed by atoms with Gasteiger partial charge in [0.25, 0.3) is 5.91 Å². The summed E-state index contributed by atoms with van der Waals surface area (Å²) in [6, 6.07) is 40.0. The molecule has 3 heterocycles. The number of hydrogen-bond donors (Lipinski definition) is 1. The molecule has 5 aromatic carbocycles. The number of carbonyl (C=O) groups excluding carboxylic acids is 1. The normalized spacial score (nSPS) is 19.6. The molecule has 5 aromatic rings. The van der Waals surface area contributed by atoms with Crippen LogP contribution < -0.4 is 19.7 Å². The number of amides is 1. The van der Waals surface area contributed by atoms with Gasteiger partial charge in [-0.3, -0.25) is 4.79 Å². The van der Waals surface area contributed by atoms with Crippen LogP contribution in [0.5, 0.6) is 11.5 Å². The van der Waals surface area contributed by atoms with E-state index in [2.05, 4.69) is 98.9 Å². The Morgan fingerprint density at radius 2 is 1.45 bits per heavy atom. The number of benzene rings is 5. The van der Waals surface area contributed by atoms with Crippen molar-refractivity contribution >= 4 is 56.2 Å². The van der Waals surface area contributed by atoms with Gasteiger partial charge in [-0.2, -0.15) is 0 Å². The first-order valence-corrected chi connectivity index (χ1v) is 19.1. The van der Waals surface area contributed by atoms with Gasteiger partial charge in [-0.1, -0.05) is 91.0 Å². The summed E-state index contributed by atoms with van der Waals surface area (Å²) >= 11 is 5.05. The molecule has 3 aliphatic rings. The number of carbonyl (C=O) groups is 1. The van der Waals surface area contributed by atoms with E-state index in [0.717, 1.165) is 47.2 Å². The third-order valence-corrected chi connectivity index (χ3v) is 11.2. The van der Waals surface area contributed by atoms with Crippen LogP contribution in [0.25, 0.3) is 6.08 Å². The van der Waals surface area contributed by atoms with E-state index >= 15 is 0 Å². The zero-order valence-electron chi connectivity index (χ0n) is 28.3. The lowest BCUT2D eigenvalue weighted by Crippen LogP contribution is -2.37. The predicted molar refractivity (Wildman–Crippen MR) is 211 cm³/mol. The zero-order chi connectivity index (χ0) is 34.7. The van der Waals surface area contributed by atoms with E-state index in [1.807, 2.05) is 55.5 Å². The van der Waals surface area contributed by atoms with E-state index in [4.69, 9.17) is 14.5 Å². The van der Waals surface area contributed by atoms with Crippen molar-refractivity contribution in [3.63, 3.8) is 0 Å². The molecule has 6 nitrogen and oxygen atoms in total. The van der Waals surface area contributed by atoms with E-state index < -0.39 is 0 Å². The Morgan fingerprint density at radius 3 is 2.06 bits per heavy atom. The maximum Gasteiger partial charge on any atom is 0.264 e. The summed E-state index contributed by atoms with van der Waals surface area (Å²) in [6.45, 7) is 4.92. The Morgan fingerprint density at radius 1 is 0.843 bits per heavy atom. The van der Waals surface area contributed by atoms with E-state index in [1.165, 1.54) is 39.7 Å². The number of halogens is 1. The molecule has 51 heavy (non-hydrogen) atoms. The molecule has 0 bridgehead atoms. The van der Waals surface area contributed by atoms with Crippen molar-refractivity contribution in [2.24, 2.45) is 4.99 Å². The zero-order valence-corrected chi connectivity index (χ0v) is 30.8. The predicted octanol–water partition coefficient (Wildman–Crippen LogP) is 10.2. The van der Waals surface area contributed by atoms with Crippen LogP contribution >= 0.6 is 27.7 Å². The van der Waals surface area contributed by atoms with Crippen LogP contribution in [0.4, 0.5) is 11.4 Å². The maximum atomic E-state index is 13.3. The number of ether oxygens (including phenoxy) is 2. The second kappa shape index (κ2) is 14.8. The van der Waals surface area contributed by atoms with Crippen molar-refractivity contribution in [2.45, 2.75) is 38.2 Å². The molecule has 2 atom stereocenters. The van der Waals surface area contributed by atoms with E-state index in [1.54, 1.807) is 0 Å². The molecule has 0 saturated carbocycles. The van der Waals surface area contributed by atoms with Gasteiger partial charge in [0.1, 0.15) is 6.61 Å². The SMILES string of the molecule is CCOc1cc(/C=C2\SC(=Nc3cc4c5c(c3)[C@H](c3ccccc3)CCN5CC[C@H]4c3ccccc3)NC2=O)cc(Br)c1OCc1ccccc1. The molecular formula is C43H38BrN3O3S. The topological polar surface area (TPSA) is 63.2 Å². The number of anilines is 1. The summed E-state index contributed by atoms with van der Waals surface area (Å²) < 4.78 is 12.9. The molecular weight excluding hydrogens is 718 g/mol. The Balaban J connectivity index is 1.12. The van der Waals surface area contributed by atoms with Crippen LogP contribution in [-0.4, -0.2) is 30.8 Å². The lowest BCUT2D eigenvalue weighted by Gasteiger charge is -2.43. The Kier molecular flexibility index (Phi) is 9.70. The number of hydrogen-bond acceptors (Lipinski definition) is 6. The molecule has 0 aliphatic carbocycles. The van der Waals surface area contributed by atoms with Crippen molar-refractivity contribution in [3.05, 3.63) is 158 Å². The van der Waals surface area contributed by atoms with Gasteiger partial charge in [0.05, 0.1) is 21.7 Å². The smallest absolute Gasteiger partial charge is 0.264 e. The molecule has 0 spiro atoms. The average Bonchev–Trinajstić information content (AvgIpc) is 3.50. The van der Waals surface area contributed by atoms with E-state index in [0.29, 0.717) is 34.8 Å². The van der Waals surface area contributed by atoms with Gasteiger partial charge in [-0.25, -0.2) is 4.99 Å². The van der Waals surface area contributed by atoms with Crippen molar-refractivity contribution < 1.29 is 14.3 Å². The summed E-state index contributed by atoms with van der Waals surface area (Å²) in [5, 5.41) is 3.60. The number of amidine groups is 1. The number of aliphatic imine (C=N–C) groups is 1. The first-order chi connectivity index (χ1) is 25.0. The number of rotatable bonds is 9. The van der Waals surface area contributed by atoms with E-state index in [-0.39, 0.29) is 17.7 Å². The average molecular weight is 757 g/mol. The van der Waals surface area contributed by atoms with Crippen LogP contribution in [0.2, 0.25) is 0 Å². The fraction of sp³-hybridized carbons (Fsp3) is 0.209. The minimum absolute atomic E-state index is 0.174. The summed E-state index contributed by atoms with van der Waals surface area (Å²) in [7, 11) is 0. The van der Waals surface area contributed by atoms with Crippen LogP contribution in [0.15, 0.2) is 130 Å². The number of nitrogens with one attached hydrogen (secondary N) is 1. The van der Waals surface area contributed by atoms with Crippen molar-refractivity contribution in [3.8, 4) is 11.5 Å². The number of thioether (sulfide) groups is 1.